The van der Waals surface area contributed by atoms with Crippen LogP contribution in [0.25, 0.3) is 0 Å². The van der Waals surface area contributed by atoms with Crippen molar-refractivity contribution in [2.24, 2.45) is 0 Å². The van der Waals surface area contributed by atoms with Crippen LogP contribution in [0.4, 0.5) is 0 Å². The quantitative estimate of drug-likeness (QED) is 0.772. The van der Waals surface area contributed by atoms with Crippen LogP contribution in [-0.2, 0) is 11.3 Å². The zero-order chi connectivity index (χ0) is 14.3. The molecule has 0 saturated carbocycles. The number of hydrogen-bond acceptors (Lipinski definition) is 2. The van der Waals surface area contributed by atoms with Gasteiger partial charge in [0.05, 0.1) is 0 Å². The summed E-state index contributed by atoms with van der Waals surface area (Å²) >= 11 is 3.33. The van der Waals surface area contributed by atoms with Crippen LogP contribution in [-0.4, -0.2) is 28.5 Å². The van der Waals surface area contributed by atoms with Crippen molar-refractivity contribution in [2.75, 3.05) is 13.1 Å². The summed E-state index contributed by atoms with van der Waals surface area (Å²) < 4.78 is 2.41. The van der Waals surface area contributed by atoms with E-state index in [2.05, 4.69) is 22.9 Å². The van der Waals surface area contributed by atoms with Gasteiger partial charge in [0.2, 0.25) is 5.91 Å². The van der Waals surface area contributed by atoms with Gasteiger partial charge in [-0.05, 0) is 35.3 Å². The lowest BCUT2D eigenvalue weighted by molar-refractivity contribution is -0.131. The standard InChI is InChI=1S/C14H21BrN2O2/c1-3-5-9-16(4-2)14(19)8-10-17-11-12(15)6-7-13(17)18/h6-7,11H,3-5,8-10H2,1-2H3. The van der Waals surface area contributed by atoms with E-state index in [0.717, 1.165) is 30.4 Å². The third-order valence-electron chi connectivity index (χ3n) is 3.03. The molecule has 0 aliphatic rings. The van der Waals surface area contributed by atoms with Crippen LogP contribution in [0.2, 0.25) is 0 Å². The smallest absolute Gasteiger partial charge is 0.250 e. The summed E-state index contributed by atoms with van der Waals surface area (Å²) in [6, 6.07) is 3.21. The van der Waals surface area contributed by atoms with Gasteiger partial charge < -0.3 is 9.47 Å². The van der Waals surface area contributed by atoms with Crippen molar-refractivity contribution in [2.45, 2.75) is 39.7 Å². The largest absolute Gasteiger partial charge is 0.343 e. The molecule has 1 heterocycles. The Hall–Kier alpha value is -1.10. The van der Waals surface area contributed by atoms with Crippen LogP contribution in [0.3, 0.4) is 0 Å². The van der Waals surface area contributed by atoms with Crippen molar-refractivity contribution in [3.05, 3.63) is 33.2 Å². The van der Waals surface area contributed by atoms with Gasteiger partial charge in [0.15, 0.2) is 0 Å². The van der Waals surface area contributed by atoms with Gasteiger partial charge >= 0.3 is 0 Å². The average molecular weight is 329 g/mol. The summed E-state index contributed by atoms with van der Waals surface area (Å²) in [6.45, 7) is 6.06. The minimum absolute atomic E-state index is 0.0763. The number of amides is 1. The highest BCUT2D eigenvalue weighted by atomic mass is 79.9. The molecule has 5 heteroatoms. The third-order valence-corrected chi connectivity index (χ3v) is 3.50. The van der Waals surface area contributed by atoms with Crippen molar-refractivity contribution in [1.29, 1.82) is 0 Å². The molecule has 0 N–H and O–H groups in total. The summed E-state index contributed by atoms with van der Waals surface area (Å²) in [5.74, 6) is 0.114. The van der Waals surface area contributed by atoms with E-state index in [-0.39, 0.29) is 11.5 Å². The van der Waals surface area contributed by atoms with Crippen LogP contribution in [0, 0.1) is 0 Å². The normalized spacial score (nSPS) is 10.5. The number of carbonyl (C=O) groups is 1. The first kappa shape index (κ1) is 16.0. The molecule has 1 aromatic rings. The van der Waals surface area contributed by atoms with Gasteiger partial charge in [0.1, 0.15) is 0 Å². The molecule has 1 amide bonds. The van der Waals surface area contributed by atoms with Crippen LogP contribution >= 0.6 is 15.9 Å². The molecule has 19 heavy (non-hydrogen) atoms. The summed E-state index contributed by atoms with van der Waals surface area (Å²) in [7, 11) is 0. The fourth-order valence-corrected chi connectivity index (χ4v) is 2.24. The highest BCUT2D eigenvalue weighted by Gasteiger charge is 2.11. The van der Waals surface area contributed by atoms with Crippen LogP contribution in [0.5, 0.6) is 0 Å². The van der Waals surface area contributed by atoms with Crippen molar-refractivity contribution in [3.8, 4) is 0 Å². The number of aryl methyl sites for hydroxylation is 1. The summed E-state index contributed by atoms with van der Waals surface area (Å²) in [5.41, 5.74) is -0.0763. The van der Waals surface area contributed by atoms with E-state index in [4.69, 9.17) is 0 Å². The molecule has 0 fully saturated rings. The third kappa shape index (κ3) is 5.19. The molecule has 4 nitrogen and oxygen atoms in total. The minimum atomic E-state index is -0.0763. The molecule has 0 aromatic carbocycles. The maximum absolute atomic E-state index is 12.0. The van der Waals surface area contributed by atoms with E-state index >= 15 is 0 Å². The lowest BCUT2D eigenvalue weighted by atomic mass is 10.3. The van der Waals surface area contributed by atoms with Gasteiger partial charge in [-0.15, -0.1) is 0 Å². The van der Waals surface area contributed by atoms with E-state index in [1.54, 1.807) is 16.8 Å². The monoisotopic (exact) mass is 328 g/mol. The molecule has 0 atom stereocenters. The zero-order valence-corrected chi connectivity index (χ0v) is 13.1. The average Bonchev–Trinajstić information content (AvgIpc) is 2.40. The second-order valence-electron chi connectivity index (χ2n) is 4.46. The molecule has 1 rings (SSSR count). The van der Waals surface area contributed by atoms with Crippen LogP contribution in [0.1, 0.15) is 33.1 Å². The fourth-order valence-electron chi connectivity index (χ4n) is 1.86. The topological polar surface area (TPSA) is 42.3 Å². The molecule has 0 unspecified atom stereocenters. The molecular weight excluding hydrogens is 308 g/mol. The van der Waals surface area contributed by atoms with E-state index in [9.17, 15) is 9.59 Å². The first-order valence-corrected chi connectivity index (χ1v) is 7.51. The highest BCUT2D eigenvalue weighted by Crippen LogP contribution is 2.06. The second-order valence-corrected chi connectivity index (χ2v) is 5.37. The number of pyridine rings is 1. The molecule has 0 aliphatic carbocycles. The van der Waals surface area contributed by atoms with Gasteiger partial charge in [0.25, 0.3) is 5.56 Å². The Morgan fingerprint density at radius 3 is 2.74 bits per heavy atom. The van der Waals surface area contributed by atoms with Crippen LogP contribution < -0.4 is 5.56 Å². The Kier molecular flexibility index (Phi) is 6.84. The number of halogens is 1. The predicted octanol–water partition coefficient (Wildman–Crippen LogP) is 2.65. The number of hydrogen-bond donors (Lipinski definition) is 0. The first-order valence-electron chi connectivity index (χ1n) is 6.72. The van der Waals surface area contributed by atoms with E-state index in [1.807, 2.05) is 11.8 Å². The van der Waals surface area contributed by atoms with Gasteiger partial charge in [-0.1, -0.05) is 13.3 Å². The Morgan fingerprint density at radius 2 is 2.11 bits per heavy atom. The zero-order valence-electron chi connectivity index (χ0n) is 11.6. The van der Waals surface area contributed by atoms with Crippen molar-refractivity contribution >= 4 is 21.8 Å². The summed E-state index contributed by atoms with van der Waals surface area (Å²) in [4.78, 5) is 25.5. The number of unbranched alkanes of at least 4 members (excludes halogenated alkanes) is 1. The molecule has 0 aliphatic heterocycles. The maximum atomic E-state index is 12.0. The Balaban J connectivity index is 2.57. The molecule has 0 radical (unpaired) electrons. The van der Waals surface area contributed by atoms with Crippen molar-refractivity contribution in [1.82, 2.24) is 9.47 Å². The Labute approximate surface area is 122 Å². The first-order chi connectivity index (χ1) is 9.08. The SMILES string of the molecule is CCCCN(CC)C(=O)CCn1cc(Br)ccc1=O. The van der Waals surface area contributed by atoms with Crippen LogP contribution in [0.15, 0.2) is 27.6 Å². The minimum Gasteiger partial charge on any atom is -0.343 e. The van der Waals surface area contributed by atoms with E-state index in [1.165, 1.54) is 6.07 Å². The van der Waals surface area contributed by atoms with Crippen molar-refractivity contribution < 1.29 is 4.79 Å². The molecule has 106 valence electrons. The van der Waals surface area contributed by atoms with Gasteiger partial charge in [-0.2, -0.15) is 0 Å². The van der Waals surface area contributed by atoms with E-state index in [0.29, 0.717) is 13.0 Å². The van der Waals surface area contributed by atoms with Gasteiger partial charge in [0, 0.05) is 42.8 Å². The molecule has 1 aromatic heterocycles. The Morgan fingerprint density at radius 1 is 1.37 bits per heavy atom. The van der Waals surface area contributed by atoms with Crippen molar-refractivity contribution in [3.63, 3.8) is 0 Å². The Bertz CT molecular complexity index is 471. The lowest BCUT2D eigenvalue weighted by Crippen LogP contribution is -2.33. The number of rotatable bonds is 7. The summed E-state index contributed by atoms with van der Waals surface area (Å²) in [5, 5.41) is 0. The number of nitrogens with zero attached hydrogens (tertiary/aromatic N) is 2. The number of aromatic nitrogens is 1. The molecule has 0 saturated heterocycles. The molecular formula is C14H21BrN2O2. The second kappa shape index (κ2) is 8.15. The lowest BCUT2D eigenvalue weighted by Gasteiger charge is -2.20. The highest BCUT2D eigenvalue weighted by molar-refractivity contribution is 9.10. The van der Waals surface area contributed by atoms with Gasteiger partial charge in [-0.3, -0.25) is 9.59 Å². The summed E-state index contributed by atoms with van der Waals surface area (Å²) in [6.07, 6.45) is 4.19. The fraction of sp³-hybridized carbons (Fsp3) is 0.571. The molecule has 0 spiro atoms. The maximum Gasteiger partial charge on any atom is 0.250 e. The predicted molar refractivity (Wildman–Crippen MR) is 80.2 cm³/mol. The number of carbonyl (C=O) groups excluding carboxylic acids is 1. The van der Waals surface area contributed by atoms with E-state index < -0.39 is 0 Å². The van der Waals surface area contributed by atoms with Gasteiger partial charge in [-0.25, -0.2) is 0 Å². The molecule has 0 bridgehead atoms.